The average molecular weight is 539 g/mol. The first-order valence-electron chi connectivity index (χ1n) is 13.5. The zero-order chi connectivity index (χ0) is 28.4. The lowest BCUT2D eigenvalue weighted by atomic mass is 10.1. The molecule has 0 unspecified atom stereocenters. The van der Waals surface area contributed by atoms with Gasteiger partial charge in [-0.15, -0.1) is 0 Å². The Morgan fingerprint density at radius 3 is 1.30 bits per heavy atom. The second kappa shape index (κ2) is 11.3. The van der Waals surface area contributed by atoms with Gasteiger partial charge in [-0.2, -0.15) is 0 Å². The number of hydrogen-bond donors (Lipinski definition) is 2. The zero-order valence-corrected chi connectivity index (χ0v) is 27.3. The summed E-state index contributed by atoms with van der Waals surface area (Å²) < 4.78 is 0. The van der Waals surface area contributed by atoms with Crippen LogP contribution in [0.5, 0.6) is 11.5 Å². The van der Waals surface area contributed by atoms with Crippen LogP contribution < -0.4 is 10.4 Å². The van der Waals surface area contributed by atoms with Crippen molar-refractivity contribution in [3.63, 3.8) is 0 Å². The van der Waals surface area contributed by atoms with Crippen molar-refractivity contribution in [2.45, 2.75) is 110 Å². The molecule has 204 valence electrons. The second-order valence-corrected chi connectivity index (χ2v) is 24.3. The van der Waals surface area contributed by atoms with Crippen molar-refractivity contribution in [1.82, 2.24) is 0 Å². The number of phenolic OH excluding ortho intramolecular Hbond substituents is 2. The topological polar surface area (TPSA) is 65.2 Å². The van der Waals surface area contributed by atoms with Gasteiger partial charge in [0.05, 0.1) is 16.1 Å². The van der Waals surface area contributed by atoms with Crippen LogP contribution >= 0.6 is 0 Å². The lowest BCUT2D eigenvalue weighted by Crippen LogP contribution is -2.49. The lowest BCUT2D eigenvalue weighted by molar-refractivity contribution is 0.477. The second-order valence-electron chi connectivity index (χ2n) is 13.7. The van der Waals surface area contributed by atoms with Gasteiger partial charge in [-0.05, 0) is 52.9 Å². The van der Waals surface area contributed by atoms with Gasteiger partial charge in [-0.25, -0.2) is 0 Å². The van der Waals surface area contributed by atoms with Gasteiger partial charge in [0.15, 0.2) is 0 Å². The first kappa shape index (κ1) is 31.0. The molecule has 2 aromatic carbocycles. The first-order valence-corrected chi connectivity index (χ1v) is 19.5. The van der Waals surface area contributed by atoms with Crippen molar-refractivity contribution >= 4 is 39.0 Å². The van der Waals surface area contributed by atoms with E-state index in [1.165, 1.54) is 0 Å². The summed E-state index contributed by atoms with van der Waals surface area (Å²) in [6.07, 6.45) is 4.39. The Balaban J connectivity index is 2.16. The molecule has 2 rings (SSSR count). The Morgan fingerprint density at radius 1 is 0.676 bits per heavy atom. The van der Waals surface area contributed by atoms with Crippen LogP contribution in [-0.4, -0.2) is 50.9 Å². The van der Waals surface area contributed by atoms with Crippen LogP contribution in [0.15, 0.2) is 46.4 Å². The van der Waals surface area contributed by atoms with Crippen LogP contribution in [-0.2, 0) is 0 Å². The van der Waals surface area contributed by atoms with Gasteiger partial charge in [0, 0.05) is 35.6 Å². The molecule has 0 aliphatic carbocycles. The third-order valence-corrected chi connectivity index (χ3v) is 19.8. The molecular formula is C31H50N2O2Si2. The van der Waals surface area contributed by atoms with Crippen molar-refractivity contribution < 1.29 is 10.2 Å². The molecule has 0 aliphatic rings. The number of aliphatic imine (C=N–C) groups is 2. The Kier molecular flexibility index (Phi) is 9.46. The van der Waals surface area contributed by atoms with E-state index in [1.807, 2.05) is 36.7 Å². The smallest absolute Gasteiger partial charge is 0.123 e. The highest BCUT2D eigenvalue weighted by Gasteiger charge is 2.40. The van der Waals surface area contributed by atoms with Gasteiger partial charge in [0.2, 0.25) is 0 Å². The van der Waals surface area contributed by atoms with Crippen LogP contribution in [0.25, 0.3) is 0 Å². The van der Waals surface area contributed by atoms with E-state index in [9.17, 15) is 10.2 Å². The normalized spacial score (nSPS) is 15.5. The summed E-state index contributed by atoms with van der Waals surface area (Å²) in [6.45, 7) is 26.9. The summed E-state index contributed by atoms with van der Waals surface area (Å²) in [4.78, 5) is 9.48. The predicted molar refractivity (Wildman–Crippen MR) is 169 cm³/mol. The number of phenols is 2. The Morgan fingerprint density at radius 2 is 1.00 bits per heavy atom. The highest BCUT2D eigenvalue weighted by molar-refractivity contribution is 6.93. The predicted octanol–water partition coefficient (Wildman–Crippen LogP) is 7.23. The van der Waals surface area contributed by atoms with Gasteiger partial charge >= 0.3 is 0 Å². The molecule has 2 atom stereocenters. The Labute approximate surface area is 228 Å². The highest BCUT2D eigenvalue weighted by Crippen LogP contribution is 2.38. The van der Waals surface area contributed by atoms with E-state index < -0.39 is 16.1 Å². The van der Waals surface area contributed by atoms with E-state index in [4.69, 9.17) is 9.98 Å². The molecule has 0 fully saturated rings. The third-order valence-electron chi connectivity index (χ3n) is 8.85. The van der Waals surface area contributed by atoms with Crippen molar-refractivity contribution in [3.8, 4) is 11.5 Å². The molecule has 0 spiro atoms. The summed E-state index contributed by atoms with van der Waals surface area (Å²) in [5.74, 6) is 0.737. The van der Waals surface area contributed by atoms with Crippen LogP contribution in [0.3, 0.4) is 0 Å². The van der Waals surface area contributed by atoms with Crippen LogP contribution in [0.1, 0.15) is 72.9 Å². The number of para-hydroxylation sites is 2. The van der Waals surface area contributed by atoms with Crippen molar-refractivity contribution in [2.75, 3.05) is 0 Å². The summed E-state index contributed by atoms with van der Waals surface area (Å²) in [5.41, 5.74) is 1.55. The van der Waals surface area contributed by atoms with E-state index in [2.05, 4.69) is 93.7 Å². The fourth-order valence-corrected chi connectivity index (χ4v) is 8.29. The van der Waals surface area contributed by atoms with Gasteiger partial charge in [-0.3, -0.25) is 9.98 Å². The van der Waals surface area contributed by atoms with Gasteiger partial charge in [0.25, 0.3) is 0 Å². The number of benzene rings is 2. The monoisotopic (exact) mass is 538 g/mol. The molecule has 0 saturated heterocycles. The molecule has 37 heavy (non-hydrogen) atoms. The maximum atomic E-state index is 11.0. The van der Waals surface area contributed by atoms with E-state index in [1.54, 1.807) is 0 Å². The molecule has 2 aromatic rings. The fraction of sp³-hybridized carbons (Fsp3) is 0.548. The molecule has 0 aliphatic heterocycles. The third kappa shape index (κ3) is 7.02. The maximum absolute atomic E-state index is 11.0. The molecule has 4 nitrogen and oxygen atoms in total. The summed E-state index contributed by atoms with van der Waals surface area (Å²) in [5, 5.41) is 24.5. The number of aromatic hydroxyl groups is 2. The van der Waals surface area contributed by atoms with E-state index in [0.29, 0.717) is 11.5 Å². The van der Waals surface area contributed by atoms with Crippen LogP contribution in [0.4, 0.5) is 0 Å². The molecule has 0 amide bonds. The molecule has 0 bridgehead atoms. The van der Waals surface area contributed by atoms with Crippen LogP contribution in [0, 0.1) is 0 Å². The van der Waals surface area contributed by atoms with Gasteiger partial charge in [0.1, 0.15) is 11.5 Å². The summed E-state index contributed by atoms with van der Waals surface area (Å²) >= 11 is 0. The number of hydrogen-bond acceptors (Lipinski definition) is 4. The van der Waals surface area contributed by atoms with Crippen molar-refractivity contribution in [1.29, 1.82) is 0 Å². The van der Waals surface area contributed by atoms with Crippen molar-refractivity contribution in [2.24, 2.45) is 9.98 Å². The molecule has 6 heteroatoms. The van der Waals surface area contributed by atoms with E-state index in [0.717, 1.165) is 27.9 Å². The zero-order valence-electron chi connectivity index (χ0n) is 25.3. The minimum atomic E-state index is -1.86. The first-order chi connectivity index (χ1) is 16.8. The molecule has 0 radical (unpaired) electrons. The largest absolute Gasteiger partial charge is 0.507 e. The minimum Gasteiger partial charge on any atom is -0.507 e. The maximum Gasteiger partial charge on any atom is 0.123 e. The summed E-state index contributed by atoms with van der Waals surface area (Å²) in [7, 11) is -3.72. The molecule has 2 N–H and O–H groups in total. The average Bonchev–Trinajstić information content (AvgIpc) is 2.75. The Hall–Kier alpha value is -2.19. The molecular weight excluding hydrogens is 489 g/mol. The number of rotatable bonds is 8. The highest BCUT2D eigenvalue weighted by atomic mass is 28.3. The van der Waals surface area contributed by atoms with Gasteiger partial charge < -0.3 is 10.2 Å². The summed E-state index contributed by atoms with van der Waals surface area (Å²) in [6, 6.07) is 12.2. The van der Waals surface area contributed by atoms with E-state index >= 15 is 0 Å². The standard InChI is InChI=1S/C31H50N2O2Si2/c1-22(32-20-24-15-13-17-26(28(24)34)36(9,10)30(3,4)5)19-23(2)33-21-25-16-14-18-27(29(25)35)37(11,12)31(6,7)8/h13-18,20-23,34-35H,19H2,1-12H3/t22-,23-/m0/s1. The Bertz CT molecular complexity index is 1050. The molecule has 0 aromatic heterocycles. The molecule has 0 heterocycles. The molecule has 0 saturated carbocycles. The quantitative estimate of drug-likeness (QED) is 0.275. The number of nitrogens with zero attached hydrogens (tertiary/aromatic N) is 2. The van der Waals surface area contributed by atoms with E-state index in [-0.39, 0.29) is 22.2 Å². The minimum absolute atomic E-state index is 0.0511. The van der Waals surface area contributed by atoms with Gasteiger partial charge in [-0.1, -0.05) is 92.0 Å². The fourth-order valence-electron chi connectivity index (χ4n) is 4.18. The van der Waals surface area contributed by atoms with Crippen LogP contribution in [0.2, 0.25) is 36.3 Å². The lowest BCUT2D eigenvalue weighted by Gasteiger charge is -2.37. The van der Waals surface area contributed by atoms with Crippen molar-refractivity contribution in [3.05, 3.63) is 47.5 Å². The SMILES string of the molecule is C[C@@H](C[C@H](C)N=Cc1cccc([Si](C)(C)C(C)(C)C)c1O)N=Cc1cccc([Si](C)(C)C(C)(C)C)c1O.